The van der Waals surface area contributed by atoms with Crippen molar-refractivity contribution in [1.29, 1.82) is 0 Å². The molecule has 1 saturated heterocycles. The van der Waals surface area contributed by atoms with E-state index in [1.807, 2.05) is 0 Å². The predicted octanol–water partition coefficient (Wildman–Crippen LogP) is 1.46. The van der Waals surface area contributed by atoms with Gasteiger partial charge in [0.25, 0.3) is 0 Å². The molecular weight excluding hydrogens is 288 g/mol. The Bertz CT molecular complexity index is 505. The van der Waals surface area contributed by atoms with Gasteiger partial charge in [0.15, 0.2) is 0 Å². The van der Waals surface area contributed by atoms with Crippen LogP contribution in [0.2, 0.25) is 0 Å². The van der Waals surface area contributed by atoms with Gasteiger partial charge in [-0.2, -0.15) is 0 Å². The summed E-state index contributed by atoms with van der Waals surface area (Å²) in [6.45, 7) is 5.29. The maximum absolute atomic E-state index is 11.9. The van der Waals surface area contributed by atoms with Crippen molar-refractivity contribution in [2.24, 2.45) is 23.2 Å². The molecule has 122 valence electrons. The van der Waals surface area contributed by atoms with E-state index in [9.17, 15) is 14.4 Å². The van der Waals surface area contributed by atoms with Gasteiger partial charge in [0, 0.05) is 11.8 Å². The predicted molar refractivity (Wildman–Crippen MR) is 74.5 cm³/mol. The first-order valence-electron chi connectivity index (χ1n) is 7.84. The number of rotatable bonds is 4. The molecule has 0 aromatic rings. The zero-order valence-electron chi connectivity index (χ0n) is 13.2. The Morgan fingerprint density at radius 3 is 2.68 bits per heavy atom. The minimum atomic E-state index is -0.582. The SMILES string of the molecule is CC(C)(C)C(=O)OCCC(=O)OC1C2CC3C(=O)OC1C3C2. The van der Waals surface area contributed by atoms with E-state index in [1.54, 1.807) is 20.8 Å². The fraction of sp³-hybridized carbons (Fsp3) is 0.812. The van der Waals surface area contributed by atoms with Crippen molar-refractivity contribution in [2.45, 2.75) is 52.2 Å². The van der Waals surface area contributed by atoms with Crippen molar-refractivity contribution in [2.75, 3.05) is 6.61 Å². The summed E-state index contributed by atoms with van der Waals surface area (Å²) < 4.78 is 15.9. The lowest BCUT2D eigenvalue weighted by atomic mass is 9.88. The van der Waals surface area contributed by atoms with E-state index >= 15 is 0 Å². The van der Waals surface area contributed by atoms with Gasteiger partial charge in [0.1, 0.15) is 18.8 Å². The maximum atomic E-state index is 11.9. The molecule has 2 saturated carbocycles. The third kappa shape index (κ3) is 2.59. The van der Waals surface area contributed by atoms with Crippen LogP contribution in [0, 0.1) is 23.2 Å². The van der Waals surface area contributed by atoms with E-state index in [0.717, 1.165) is 12.8 Å². The Kier molecular flexibility index (Phi) is 3.65. The Morgan fingerprint density at radius 1 is 1.27 bits per heavy atom. The molecule has 5 atom stereocenters. The quantitative estimate of drug-likeness (QED) is 0.578. The Labute approximate surface area is 129 Å². The number of ether oxygens (including phenoxy) is 3. The van der Waals surface area contributed by atoms with Crippen LogP contribution < -0.4 is 0 Å². The lowest BCUT2D eigenvalue weighted by Gasteiger charge is -2.25. The number of esters is 3. The van der Waals surface area contributed by atoms with Crippen molar-refractivity contribution < 1.29 is 28.6 Å². The molecular formula is C16H22O6. The molecule has 0 spiro atoms. The van der Waals surface area contributed by atoms with Gasteiger partial charge in [-0.3, -0.25) is 14.4 Å². The number of fused-ring (bicyclic) bond motifs is 1. The third-order valence-electron chi connectivity index (χ3n) is 4.83. The molecule has 0 radical (unpaired) electrons. The number of hydrogen-bond acceptors (Lipinski definition) is 6. The van der Waals surface area contributed by atoms with Crippen LogP contribution >= 0.6 is 0 Å². The molecule has 0 amide bonds. The molecule has 5 unspecified atom stereocenters. The van der Waals surface area contributed by atoms with Crippen LogP contribution in [0.15, 0.2) is 0 Å². The van der Waals surface area contributed by atoms with Gasteiger partial charge in [0.2, 0.25) is 0 Å². The van der Waals surface area contributed by atoms with Gasteiger partial charge >= 0.3 is 17.9 Å². The van der Waals surface area contributed by atoms with E-state index in [1.165, 1.54) is 0 Å². The fourth-order valence-corrected chi connectivity index (χ4v) is 3.72. The molecule has 6 nitrogen and oxygen atoms in total. The van der Waals surface area contributed by atoms with Crippen LogP contribution in [0.1, 0.15) is 40.0 Å². The zero-order chi connectivity index (χ0) is 16.1. The summed E-state index contributed by atoms with van der Waals surface area (Å²) in [5.41, 5.74) is -0.582. The molecule has 1 aliphatic heterocycles. The molecule has 0 aromatic heterocycles. The summed E-state index contributed by atoms with van der Waals surface area (Å²) in [6.07, 6.45) is 1.10. The Balaban J connectivity index is 1.46. The minimum Gasteiger partial charge on any atom is -0.465 e. The summed E-state index contributed by atoms with van der Waals surface area (Å²) in [7, 11) is 0. The molecule has 22 heavy (non-hydrogen) atoms. The molecule has 3 rings (SSSR count). The van der Waals surface area contributed by atoms with Crippen LogP contribution in [0.5, 0.6) is 0 Å². The van der Waals surface area contributed by atoms with Crippen LogP contribution in [0.3, 0.4) is 0 Å². The van der Waals surface area contributed by atoms with Gasteiger partial charge in [0.05, 0.1) is 17.8 Å². The van der Waals surface area contributed by atoms with Gasteiger partial charge in [-0.25, -0.2) is 0 Å². The Hall–Kier alpha value is -1.59. The second-order valence-corrected chi connectivity index (χ2v) is 7.49. The van der Waals surface area contributed by atoms with Crippen LogP contribution in [-0.4, -0.2) is 36.7 Å². The highest BCUT2D eigenvalue weighted by Crippen LogP contribution is 2.55. The number of carbonyl (C=O) groups excluding carboxylic acids is 3. The van der Waals surface area contributed by atoms with Crippen LogP contribution in [0.4, 0.5) is 0 Å². The normalized spacial score (nSPS) is 35.4. The summed E-state index contributed by atoms with van der Waals surface area (Å²) in [5, 5.41) is 0. The van der Waals surface area contributed by atoms with E-state index < -0.39 is 11.4 Å². The van der Waals surface area contributed by atoms with Crippen molar-refractivity contribution in [3.63, 3.8) is 0 Å². The first kappa shape index (κ1) is 15.3. The van der Waals surface area contributed by atoms with Gasteiger partial charge < -0.3 is 14.2 Å². The summed E-state index contributed by atoms with van der Waals surface area (Å²) >= 11 is 0. The first-order chi connectivity index (χ1) is 10.3. The van der Waals surface area contributed by atoms with Gasteiger partial charge in [-0.1, -0.05) is 0 Å². The van der Waals surface area contributed by atoms with Crippen molar-refractivity contribution in [1.82, 2.24) is 0 Å². The largest absolute Gasteiger partial charge is 0.465 e. The monoisotopic (exact) mass is 310 g/mol. The lowest BCUT2D eigenvalue weighted by molar-refractivity contribution is -0.164. The topological polar surface area (TPSA) is 78.9 Å². The highest BCUT2D eigenvalue weighted by molar-refractivity contribution is 5.77. The van der Waals surface area contributed by atoms with E-state index in [-0.39, 0.29) is 54.9 Å². The van der Waals surface area contributed by atoms with Crippen LogP contribution in [0.25, 0.3) is 0 Å². The Morgan fingerprint density at radius 2 is 2.00 bits per heavy atom. The molecule has 2 bridgehead atoms. The molecule has 3 aliphatic rings. The zero-order valence-corrected chi connectivity index (χ0v) is 13.2. The molecule has 6 heteroatoms. The third-order valence-corrected chi connectivity index (χ3v) is 4.83. The fourth-order valence-electron chi connectivity index (χ4n) is 3.72. The summed E-state index contributed by atoms with van der Waals surface area (Å²) in [5.74, 6) is -0.430. The van der Waals surface area contributed by atoms with Crippen molar-refractivity contribution in [3.05, 3.63) is 0 Å². The maximum Gasteiger partial charge on any atom is 0.311 e. The highest BCUT2D eigenvalue weighted by Gasteiger charge is 2.63. The average Bonchev–Trinajstić information content (AvgIpc) is 3.02. The molecule has 1 heterocycles. The molecule has 3 fully saturated rings. The number of hydrogen-bond donors (Lipinski definition) is 0. The first-order valence-corrected chi connectivity index (χ1v) is 7.84. The smallest absolute Gasteiger partial charge is 0.311 e. The summed E-state index contributed by atoms with van der Waals surface area (Å²) in [4.78, 5) is 35.2. The lowest BCUT2D eigenvalue weighted by Crippen LogP contribution is -2.36. The van der Waals surface area contributed by atoms with Crippen LogP contribution in [-0.2, 0) is 28.6 Å². The minimum absolute atomic E-state index is 0.0118. The molecule has 0 N–H and O–H groups in total. The molecule has 2 aliphatic carbocycles. The average molecular weight is 310 g/mol. The van der Waals surface area contributed by atoms with Gasteiger partial charge in [-0.05, 0) is 33.6 Å². The van der Waals surface area contributed by atoms with Crippen molar-refractivity contribution >= 4 is 17.9 Å². The number of carbonyl (C=O) groups is 3. The van der Waals surface area contributed by atoms with E-state index in [0.29, 0.717) is 0 Å². The molecule has 0 aromatic carbocycles. The van der Waals surface area contributed by atoms with E-state index in [2.05, 4.69) is 0 Å². The van der Waals surface area contributed by atoms with Crippen molar-refractivity contribution in [3.8, 4) is 0 Å². The highest BCUT2D eigenvalue weighted by atomic mass is 16.6. The summed E-state index contributed by atoms with van der Waals surface area (Å²) in [6, 6.07) is 0. The standard InChI is InChI=1S/C16H22O6/c1-16(2,3)15(19)20-5-4-11(17)21-12-8-6-9-10(7-8)14(18)22-13(9)12/h8-10,12-13H,4-7H2,1-3H3. The van der Waals surface area contributed by atoms with E-state index in [4.69, 9.17) is 14.2 Å². The second kappa shape index (κ2) is 5.25. The second-order valence-electron chi connectivity index (χ2n) is 7.49. The van der Waals surface area contributed by atoms with Gasteiger partial charge in [-0.15, -0.1) is 0 Å².